The van der Waals surface area contributed by atoms with Gasteiger partial charge in [0.25, 0.3) is 0 Å². The fourth-order valence-corrected chi connectivity index (χ4v) is 4.32. The second kappa shape index (κ2) is 5.68. The van der Waals surface area contributed by atoms with Gasteiger partial charge in [0.2, 0.25) is 10.0 Å². The average molecular weight is 313 g/mol. The molecule has 1 aromatic rings. The summed E-state index contributed by atoms with van der Waals surface area (Å²) in [6.45, 7) is 6.52. The molecule has 6 heteroatoms. The summed E-state index contributed by atoms with van der Waals surface area (Å²) in [5.41, 5.74) is 1.02. The van der Waals surface area contributed by atoms with Crippen molar-refractivity contribution >= 4 is 10.0 Å². The summed E-state index contributed by atoms with van der Waals surface area (Å²) in [6, 6.07) is 6.06. The lowest BCUT2D eigenvalue weighted by Crippen LogP contribution is -2.42. The van der Waals surface area contributed by atoms with E-state index in [0.29, 0.717) is 19.4 Å². The number of sulfonamides is 1. The Kier molecular flexibility index (Phi) is 4.44. The van der Waals surface area contributed by atoms with Gasteiger partial charge in [0.1, 0.15) is 0 Å². The monoisotopic (exact) mass is 313 g/mol. The first-order chi connectivity index (χ1) is 9.64. The smallest absolute Gasteiger partial charge is 0.243 e. The molecule has 21 heavy (non-hydrogen) atoms. The third kappa shape index (κ3) is 3.29. The summed E-state index contributed by atoms with van der Waals surface area (Å²) in [5, 5.41) is 18.7. The zero-order chi connectivity index (χ0) is 15.8. The van der Waals surface area contributed by atoms with Crippen LogP contribution in [0, 0.1) is 0 Å². The van der Waals surface area contributed by atoms with Crippen LogP contribution in [0.2, 0.25) is 0 Å². The van der Waals surface area contributed by atoms with Crippen LogP contribution in [-0.2, 0) is 15.4 Å². The van der Waals surface area contributed by atoms with Crippen molar-refractivity contribution in [3.05, 3.63) is 29.8 Å². The van der Waals surface area contributed by atoms with Crippen LogP contribution in [0.15, 0.2) is 29.2 Å². The van der Waals surface area contributed by atoms with Gasteiger partial charge < -0.3 is 10.2 Å². The summed E-state index contributed by atoms with van der Waals surface area (Å²) >= 11 is 0. The molecule has 1 aliphatic rings. The molecule has 0 saturated carbocycles. The summed E-state index contributed by atoms with van der Waals surface area (Å²) in [7, 11) is -3.68. The van der Waals surface area contributed by atoms with Gasteiger partial charge >= 0.3 is 0 Å². The first-order valence-electron chi connectivity index (χ1n) is 7.12. The van der Waals surface area contributed by atoms with E-state index in [4.69, 9.17) is 0 Å². The number of aliphatic hydroxyl groups excluding tert-OH is 1. The molecule has 0 spiro atoms. The van der Waals surface area contributed by atoms with E-state index in [1.165, 1.54) is 4.31 Å². The number of hydrogen-bond acceptors (Lipinski definition) is 4. The van der Waals surface area contributed by atoms with Crippen molar-refractivity contribution in [3.63, 3.8) is 0 Å². The fraction of sp³-hybridized carbons (Fsp3) is 0.600. The zero-order valence-electron chi connectivity index (χ0n) is 12.7. The molecule has 1 saturated heterocycles. The van der Waals surface area contributed by atoms with E-state index in [2.05, 4.69) is 20.8 Å². The SMILES string of the molecule is CC(C)(C)c1ccc(S(=O)(=O)N2CCCC2C(O)O)cc1. The maximum Gasteiger partial charge on any atom is 0.243 e. The van der Waals surface area contributed by atoms with Gasteiger partial charge in [-0.1, -0.05) is 32.9 Å². The van der Waals surface area contributed by atoms with Crippen molar-refractivity contribution in [2.45, 2.75) is 56.3 Å². The first-order valence-corrected chi connectivity index (χ1v) is 8.56. The Hall–Kier alpha value is -0.950. The number of aliphatic hydroxyl groups is 2. The lowest BCUT2D eigenvalue weighted by molar-refractivity contribution is -0.0768. The van der Waals surface area contributed by atoms with Crippen LogP contribution in [0.3, 0.4) is 0 Å². The largest absolute Gasteiger partial charge is 0.367 e. The van der Waals surface area contributed by atoms with Crippen LogP contribution in [0.4, 0.5) is 0 Å². The normalized spacial score (nSPS) is 21.1. The highest BCUT2D eigenvalue weighted by molar-refractivity contribution is 7.89. The molecule has 1 atom stereocenters. The molecule has 2 N–H and O–H groups in total. The molecular formula is C15H23NO4S. The number of benzene rings is 1. The van der Waals surface area contributed by atoms with Crippen molar-refractivity contribution in [1.29, 1.82) is 0 Å². The Bertz CT molecular complexity index is 587. The van der Waals surface area contributed by atoms with Crippen LogP contribution in [0.5, 0.6) is 0 Å². The van der Waals surface area contributed by atoms with Crippen LogP contribution >= 0.6 is 0 Å². The number of rotatable bonds is 3. The highest BCUT2D eigenvalue weighted by Gasteiger charge is 2.38. The van der Waals surface area contributed by atoms with Crippen LogP contribution in [-0.4, -0.2) is 41.8 Å². The van der Waals surface area contributed by atoms with Gasteiger partial charge in [0, 0.05) is 6.54 Å². The number of hydrogen-bond donors (Lipinski definition) is 2. The molecule has 0 bridgehead atoms. The predicted octanol–water partition coefficient (Wildman–Crippen LogP) is 1.45. The van der Waals surface area contributed by atoms with E-state index in [1.54, 1.807) is 12.1 Å². The van der Waals surface area contributed by atoms with Gasteiger partial charge in [-0.3, -0.25) is 0 Å². The van der Waals surface area contributed by atoms with E-state index in [0.717, 1.165) is 5.56 Å². The van der Waals surface area contributed by atoms with Crippen molar-refractivity contribution in [1.82, 2.24) is 4.31 Å². The molecule has 0 amide bonds. The van der Waals surface area contributed by atoms with Gasteiger partial charge in [0.15, 0.2) is 6.29 Å². The quantitative estimate of drug-likeness (QED) is 0.828. The Labute approximate surface area is 126 Å². The second-order valence-corrected chi connectivity index (χ2v) is 8.40. The maximum absolute atomic E-state index is 12.6. The van der Waals surface area contributed by atoms with Gasteiger partial charge in [-0.15, -0.1) is 0 Å². The molecule has 0 radical (unpaired) electrons. The summed E-state index contributed by atoms with van der Waals surface area (Å²) in [5.74, 6) is 0. The van der Waals surface area contributed by atoms with E-state index in [9.17, 15) is 18.6 Å². The highest BCUT2D eigenvalue weighted by atomic mass is 32.2. The van der Waals surface area contributed by atoms with E-state index < -0.39 is 22.4 Å². The second-order valence-electron chi connectivity index (χ2n) is 6.51. The van der Waals surface area contributed by atoms with E-state index >= 15 is 0 Å². The minimum Gasteiger partial charge on any atom is -0.367 e. The topological polar surface area (TPSA) is 77.8 Å². The van der Waals surface area contributed by atoms with Crippen molar-refractivity contribution in [2.24, 2.45) is 0 Å². The minimum absolute atomic E-state index is 0.0419. The first kappa shape index (κ1) is 16.4. The Morgan fingerprint density at radius 2 is 1.76 bits per heavy atom. The number of nitrogens with zero attached hydrogens (tertiary/aromatic N) is 1. The lowest BCUT2D eigenvalue weighted by Gasteiger charge is -2.25. The maximum atomic E-state index is 12.6. The van der Waals surface area contributed by atoms with Crippen LogP contribution < -0.4 is 0 Å². The molecule has 2 rings (SSSR count). The lowest BCUT2D eigenvalue weighted by atomic mass is 9.87. The van der Waals surface area contributed by atoms with E-state index in [1.807, 2.05) is 12.1 Å². The van der Waals surface area contributed by atoms with Crippen molar-refractivity contribution in [3.8, 4) is 0 Å². The van der Waals surface area contributed by atoms with Crippen molar-refractivity contribution < 1.29 is 18.6 Å². The van der Waals surface area contributed by atoms with Crippen LogP contribution in [0.25, 0.3) is 0 Å². The molecule has 0 aromatic heterocycles. The minimum atomic E-state index is -3.68. The average Bonchev–Trinajstić information content (AvgIpc) is 2.88. The Morgan fingerprint density at radius 3 is 2.24 bits per heavy atom. The summed E-state index contributed by atoms with van der Waals surface area (Å²) in [6.07, 6.45) is -0.533. The molecule has 1 heterocycles. The standard InChI is InChI=1S/C15H23NO4S/c1-15(2,3)11-6-8-12(9-7-11)21(19,20)16-10-4-5-13(16)14(17)18/h6-9,13-14,17-18H,4-5,10H2,1-3H3. The van der Waals surface area contributed by atoms with Gasteiger partial charge in [-0.05, 0) is 36.0 Å². The molecule has 1 unspecified atom stereocenters. The molecule has 5 nitrogen and oxygen atoms in total. The van der Waals surface area contributed by atoms with Gasteiger partial charge in [-0.2, -0.15) is 4.31 Å². The third-order valence-corrected chi connectivity index (χ3v) is 5.86. The molecule has 1 fully saturated rings. The molecule has 0 aliphatic carbocycles. The molecule has 1 aromatic carbocycles. The van der Waals surface area contributed by atoms with E-state index in [-0.39, 0.29) is 10.3 Å². The third-order valence-electron chi connectivity index (χ3n) is 3.92. The molecule has 118 valence electrons. The molecule has 1 aliphatic heterocycles. The fourth-order valence-electron chi connectivity index (χ4n) is 2.62. The van der Waals surface area contributed by atoms with Gasteiger partial charge in [0.05, 0.1) is 10.9 Å². The van der Waals surface area contributed by atoms with Crippen molar-refractivity contribution in [2.75, 3.05) is 6.54 Å². The zero-order valence-corrected chi connectivity index (χ0v) is 13.5. The molecular weight excluding hydrogens is 290 g/mol. The Balaban J connectivity index is 2.32. The summed E-state index contributed by atoms with van der Waals surface area (Å²) < 4.78 is 26.4. The summed E-state index contributed by atoms with van der Waals surface area (Å²) in [4.78, 5) is 0.197. The van der Waals surface area contributed by atoms with Gasteiger partial charge in [-0.25, -0.2) is 8.42 Å². The predicted molar refractivity (Wildman–Crippen MR) is 80.3 cm³/mol. The van der Waals surface area contributed by atoms with Crippen LogP contribution in [0.1, 0.15) is 39.2 Å². The highest BCUT2D eigenvalue weighted by Crippen LogP contribution is 2.29. The Morgan fingerprint density at radius 1 is 1.19 bits per heavy atom.